The number of carboxylic acid groups (broad SMARTS) is 1. The molecule has 1 atom stereocenters. The number of esters is 1. The average molecular weight is 718 g/mol. The topological polar surface area (TPSA) is 92.7 Å². The van der Waals surface area contributed by atoms with Crippen LogP contribution in [-0.2, 0) is 19.1 Å². The highest BCUT2D eigenvalue weighted by Crippen LogP contribution is 2.18. The minimum atomic E-state index is -1.02. The molecule has 0 aromatic heterocycles. The second-order valence-electron chi connectivity index (χ2n) is 14.9. The number of hydrogen-bond donors (Lipinski definition) is 2. The Morgan fingerprint density at radius 2 is 0.843 bits per heavy atom. The number of amides is 1. The second kappa shape index (κ2) is 40.7. The molecule has 2 N–H and O–H groups in total. The van der Waals surface area contributed by atoms with Crippen molar-refractivity contribution >= 4 is 17.8 Å². The second-order valence-corrected chi connectivity index (χ2v) is 14.9. The van der Waals surface area contributed by atoms with Crippen molar-refractivity contribution in [2.24, 2.45) is 0 Å². The van der Waals surface area contributed by atoms with E-state index in [9.17, 15) is 14.4 Å². The number of aliphatic carboxylic acids is 1. The van der Waals surface area contributed by atoms with Crippen molar-refractivity contribution in [3.8, 4) is 0 Å². The maximum Gasteiger partial charge on any atom is 0.322 e. The van der Waals surface area contributed by atoms with Crippen molar-refractivity contribution < 1.29 is 24.2 Å². The minimum Gasteiger partial charge on any atom is -0.480 e. The summed E-state index contributed by atoms with van der Waals surface area (Å²) >= 11 is 0. The molecule has 0 rings (SSSR count). The zero-order valence-corrected chi connectivity index (χ0v) is 33.7. The average Bonchev–Trinajstić information content (AvgIpc) is 3.11. The first-order valence-electron chi connectivity index (χ1n) is 22.0. The minimum absolute atomic E-state index is 0.00948. The standard InChI is InChI=1S/C45H83NO5/c1-3-5-7-9-11-13-15-17-19-20-22-24-26-29-33-37-42(38-34-30-28-31-35-39-43(47)46-41-44(48)49)51-45(50)40-36-32-27-25-23-21-18-16-14-12-10-8-6-4-2/h16,18,20,22,42H,3-15,17,19,21,23-41H2,1-2H3,(H,46,47)(H,48,49)/b18-16-,22-20-. The number of carboxylic acids is 1. The molecule has 0 aliphatic rings. The molecule has 1 unspecified atom stereocenters. The van der Waals surface area contributed by atoms with Gasteiger partial charge in [-0.15, -0.1) is 0 Å². The van der Waals surface area contributed by atoms with E-state index in [4.69, 9.17) is 9.84 Å². The Balaban J connectivity index is 4.21. The SMILES string of the molecule is CCCCCCC/C=C\CCCCCCCC(=O)OC(CCCCC/C=C\CCCCCCCCCC)CCCCCCCC(=O)NCC(=O)O. The summed E-state index contributed by atoms with van der Waals surface area (Å²) in [6, 6.07) is 0. The molecule has 0 aromatic rings. The third-order valence-electron chi connectivity index (χ3n) is 9.85. The molecule has 6 heteroatoms. The molecule has 0 bridgehead atoms. The molecular formula is C45H83NO5. The third-order valence-corrected chi connectivity index (χ3v) is 9.85. The smallest absolute Gasteiger partial charge is 0.322 e. The number of allylic oxidation sites excluding steroid dienone is 4. The van der Waals surface area contributed by atoms with Gasteiger partial charge in [-0.25, -0.2) is 0 Å². The summed E-state index contributed by atoms with van der Waals surface area (Å²) in [5.74, 6) is -1.24. The first kappa shape index (κ1) is 48.9. The number of unbranched alkanes of at least 4 members (excludes halogenated alkanes) is 25. The van der Waals surface area contributed by atoms with Gasteiger partial charge in [0.2, 0.25) is 5.91 Å². The Morgan fingerprint density at radius 3 is 1.27 bits per heavy atom. The molecular weight excluding hydrogens is 634 g/mol. The van der Waals surface area contributed by atoms with E-state index >= 15 is 0 Å². The Hall–Kier alpha value is -2.11. The Kier molecular flexibility index (Phi) is 39.0. The van der Waals surface area contributed by atoms with E-state index in [-0.39, 0.29) is 24.5 Å². The summed E-state index contributed by atoms with van der Waals surface area (Å²) in [7, 11) is 0. The molecule has 0 spiro atoms. The van der Waals surface area contributed by atoms with Crippen LogP contribution in [0.15, 0.2) is 24.3 Å². The molecule has 0 saturated carbocycles. The molecule has 298 valence electrons. The van der Waals surface area contributed by atoms with E-state index < -0.39 is 5.97 Å². The number of hydrogen-bond acceptors (Lipinski definition) is 4. The van der Waals surface area contributed by atoms with E-state index in [1.54, 1.807) is 0 Å². The monoisotopic (exact) mass is 718 g/mol. The summed E-state index contributed by atoms with van der Waals surface area (Å²) in [5, 5.41) is 11.1. The van der Waals surface area contributed by atoms with Crippen LogP contribution in [0.1, 0.15) is 232 Å². The number of carbonyl (C=O) groups is 3. The quantitative estimate of drug-likeness (QED) is 0.0374. The largest absolute Gasteiger partial charge is 0.480 e. The Labute approximate surface area is 315 Å². The maximum absolute atomic E-state index is 12.8. The lowest BCUT2D eigenvalue weighted by atomic mass is 10.0. The third kappa shape index (κ3) is 40.5. The van der Waals surface area contributed by atoms with E-state index in [0.29, 0.717) is 12.8 Å². The van der Waals surface area contributed by atoms with E-state index in [2.05, 4.69) is 43.5 Å². The fraction of sp³-hybridized carbons (Fsp3) is 0.844. The van der Waals surface area contributed by atoms with Gasteiger partial charge in [-0.3, -0.25) is 14.4 Å². The van der Waals surface area contributed by atoms with E-state index in [1.165, 1.54) is 135 Å². The van der Waals surface area contributed by atoms with Crippen molar-refractivity contribution in [2.75, 3.05) is 6.54 Å². The zero-order chi connectivity index (χ0) is 37.3. The van der Waals surface area contributed by atoms with Gasteiger partial charge in [0, 0.05) is 12.8 Å². The summed E-state index contributed by atoms with van der Waals surface area (Å²) in [6.07, 6.45) is 48.7. The van der Waals surface area contributed by atoms with Gasteiger partial charge in [-0.2, -0.15) is 0 Å². The van der Waals surface area contributed by atoms with Gasteiger partial charge in [-0.1, -0.05) is 154 Å². The highest BCUT2D eigenvalue weighted by molar-refractivity contribution is 5.80. The van der Waals surface area contributed by atoms with Crippen LogP contribution in [0.3, 0.4) is 0 Å². The summed E-state index contributed by atoms with van der Waals surface area (Å²) in [5.41, 5.74) is 0. The molecule has 51 heavy (non-hydrogen) atoms. The first-order valence-corrected chi connectivity index (χ1v) is 22.0. The van der Waals surface area contributed by atoms with Crippen molar-refractivity contribution in [2.45, 2.75) is 238 Å². The van der Waals surface area contributed by atoms with Crippen molar-refractivity contribution in [1.82, 2.24) is 5.32 Å². The molecule has 0 aliphatic carbocycles. The Bertz CT molecular complexity index is 838. The van der Waals surface area contributed by atoms with Crippen LogP contribution in [0.4, 0.5) is 0 Å². The van der Waals surface area contributed by atoms with Crippen LogP contribution in [-0.4, -0.2) is 35.6 Å². The summed E-state index contributed by atoms with van der Waals surface area (Å²) in [6.45, 7) is 4.22. The molecule has 0 fully saturated rings. The molecule has 6 nitrogen and oxygen atoms in total. The summed E-state index contributed by atoms with van der Waals surface area (Å²) in [4.78, 5) is 35.0. The number of nitrogens with one attached hydrogen (secondary N) is 1. The lowest BCUT2D eigenvalue weighted by Crippen LogP contribution is -2.28. The maximum atomic E-state index is 12.8. The first-order chi connectivity index (χ1) is 25.0. The Morgan fingerprint density at radius 1 is 0.490 bits per heavy atom. The van der Waals surface area contributed by atoms with Gasteiger partial charge in [-0.05, 0) is 89.9 Å². The van der Waals surface area contributed by atoms with Gasteiger partial charge in [0.1, 0.15) is 12.6 Å². The van der Waals surface area contributed by atoms with Crippen LogP contribution in [0.2, 0.25) is 0 Å². The highest BCUT2D eigenvalue weighted by Gasteiger charge is 2.14. The predicted octanol–water partition coefficient (Wildman–Crippen LogP) is 13.5. The van der Waals surface area contributed by atoms with Crippen LogP contribution < -0.4 is 5.32 Å². The summed E-state index contributed by atoms with van der Waals surface area (Å²) < 4.78 is 6.03. The van der Waals surface area contributed by atoms with Crippen LogP contribution in [0, 0.1) is 0 Å². The van der Waals surface area contributed by atoms with Crippen molar-refractivity contribution in [3.05, 3.63) is 24.3 Å². The van der Waals surface area contributed by atoms with Crippen LogP contribution in [0.25, 0.3) is 0 Å². The highest BCUT2D eigenvalue weighted by atomic mass is 16.5. The van der Waals surface area contributed by atoms with Gasteiger partial charge < -0.3 is 15.2 Å². The van der Waals surface area contributed by atoms with E-state index in [1.807, 2.05) is 0 Å². The number of rotatable bonds is 40. The fourth-order valence-electron chi connectivity index (χ4n) is 6.56. The van der Waals surface area contributed by atoms with E-state index in [0.717, 1.165) is 70.6 Å². The van der Waals surface area contributed by atoms with Crippen molar-refractivity contribution in [3.63, 3.8) is 0 Å². The normalized spacial score (nSPS) is 12.2. The van der Waals surface area contributed by atoms with Gasteiger partial charge in [0.25, 0.3) is 0 Å². The molecule has 1 amide bonds. The zero-order valence-electron chi connectivity index (χ0n) is 33.7. The number of carbonyl (C=O) groups excluding carboxylic acids is 2. The molecule has 0 aliphatic heterocycles. The molecule has 0 aromatic carbocycles. The van der Waals surface area contributed by atoms with Crippen LogP contribution in [0.5, 0.6) is 0 Å². The number of ether oxygens (including phenoxy) is 1. The molecule has 0 radical (unpaired) electrons. The van der Waals surface area contributed by atoms with Crippen molar-refractivity contribution in [1.29, 1.82) is 0 Å². The van der Waals surface area contributed by atoms with Gasteiger partial charge in [0.15, 0.2) is 0 Å². The lowest BCUT2D eigenvalue weighted by molar-refractivity contribution is -0.150. The van der Waals surface area contributed by atoms with Crippen LogP contribution >= 0.6 is 0 Å². The molecule has 0 heterocycles. The van der Waals surface area contributed by atoms with Gasteiger partial charge >= 0.3 is 11.9 Å². The molecule has 0 saturated heterocycles. The predicted molar refractivity (Wildman–Crippen MR) is 217 cm³/mol. The fourth-order valence-corrected chi connectivity index (χ4v) is 6.56. The van der Waals surface area contributed by atoms with Gasteiger partial charge in [0.05, 0.1) is 0 Å². The lowest BCUT2D eigenvalue weighted by Gasteiger charge is -2.18.